The summed E-state index contributed by atoms with van der Waals surface area (Å²) in [6.07, 6.45) is 2.50. The third-order valence-corrected chi connectivity index (χ3v) is 5.01. The van der Waals surface area contributed by atoms with E-state index in [0.29, 0.717) is 29.6 Å². The van der Waals surface area contributed by atoms with Crippen LogP contribution in [0.15, 0.2) is 0 Å². The maximum atomic E-state index is 12.5. The van der Waals surface area contributed by atoms with Crippen LogP contribution in [-0.4, -0.2) is 45.5 Å². The number of carbonyl (C=O) groups is 2. The molecular formula is C16H24N4O2. The molecule has 2 fully saturated rings. The standard InChI is InChI=1S/C16H24N4O2/c1-9-16(11(3)21)10(2)20(18-9)8-15(22)19-6-13(12-4-5-12)14(17)7-19/h12-14H,4-8,17H2,1-3H3/t13-,14+/m1/s1. The molecule has 1 amide bonds. The van der Waals surface area contributed by atoms with Gasteiger partial charge in [0.2, 0.25) is 5.91 Å². The maximum absolute atomic E-state index is 12.5. The number of amides is 1. The normalized spacial score (nSPS) is 24.8. The summed E-state index contributed by atoms with van der Waals surface area (Å²) in [5.41, 5.74) is 8.26. The number of hydrogen-bond donors (Lipinski definition) is 1. The van der Waals surface area contributed by atoms with E-state index in [4.69, 9.17) is 5.73 Å². The fourth-order valence-corrected chi connectivity index (χ4v) is 3.67. The smallest absolute Gasteiger partial charge is 0.244 e. The van der Waals surface area contributed by atoms with E-state index in [0.717, 1.165) is 12.2 Å². The number of ketones is 1. The Morgan fingerprint density at radius 3 is 2.50 bits per heavy atom. The van der Waals surface area contributed by atoms with Gasteiger partial charge in [-0.15, -0.1) is 0 Å². The lowest BCUT2D eigenvalue weighted by Gasteiger charge is -2.16. The number of rotatable bonds is 4. The highest BCUT2D eigenvalue weighted by Crippen LogP contribution is 2.40. The highest BCUT2D eigenvalue weighted by molar-refractivity contribution is 5.96. The molecule has 2 aliphatic rings. The van der Waals surface area contributed by atoms with Crippen molar-refractivity contribution in [2.24, 2.45) is 17.6 Å². The lowest BCUT2D eigenvalue weighted by Crippen LogP contribution is -2.34. The van der Waals surface area contributed by atoms with Crippen LogP contribution in [-0.2, 0) is 11.3 Å². The van der Waals surface area contributed by atoms with E-state index in [-0.39, 0.29) is 24.3 Å². The average Bonchev–Trinajstić information content (AvgIpc) is 3.13. The first-order valence-corrected chi connectivity index (χ1v) is 7.96. The molecule has 1 aliphatic heterocycles. The minimum atomic E-state index is -0.00862. The topological polar surface area (TPSA) is 81.2 Å². The second kappa shape index (κ2) is 5.50. The number of Topliss-reactive ketones (excluding diaryl/α,β-unsaturated/α-hetero) is 1. The van der Waals surface area contributed by atoms with Crippen molar-refractivity contribution in [1.29, 1.82) is 0 Å². The maximum Gasteiger partial charge on any atom is 0.244 e. The monoisotopic (exact) mass is 304 g/mol. The third-order valence-electron chi connectivity index (χ3n) is 5.01. The summed E-state index contributed by atoms with van der Waals surface area (Å²) >= 11 is 0. The van der Waals surface area contributed by atoms with E-state index in [1.807, 2.05) is 11.8 Å². The fourth-order valence-electron chi connectivity index (χ4n) is 3.67. The molecule has 6 heteroatoms. The van der Waals surface area contributed by atoms with Crippen molar-refractivity contribution in [3.8, 4) is 0 Å². The van der Waals surface area contributed by atoms with Gasteiger partial charge in [-0.3, -0.25) is 14.3 Å². The lowest BCUT2D eigenvalue weighted by atomic mass is 9.99. The van der Waals surface area contributed by atoms with Gasteiger partial charge in [0, 0.05) is 24.8 Å². The summed E-state index contributed by atoms with van der Waals surface area (Å²) in [5.74, 6) is 1.20. The molecule has 2 heterocycles. The molecule has 1 aromatic rings. The van der Waals surface area contributed by atoms with Crippen molar-refractivity contribution in [1.82, 2.24) is 14.7 Å². The zero-order chi connectivity index (χ0) is 16.0. The summed E-state index contributed by atoms with van der Waals surface area (Å²) in [6, 6.07) is 0.102. The van der Waals surface area contributed by atoms with Crippen molar-refractivity contribution in [2.75, 3.05) is 13.1 Å². The largest absolute Gasteiger partial charge is 0.339 e. The number of aryl methyl sites for hydroxylation is 1. The molecule has 0 bridgehead atoms. The van der Waals surface area contributed by atoms with Crippen LogP contribution in [0.5, 0.6) is 0 Å². The highest BCUT2D eigenvalue weighted by Gasteiger charge is 2.42. The zero-order valence-corrected chi connectivity index (χ0v) is 13.5. The Labute approximate surface area is 130 Å². The molecular weight excluding hydrogens is 280 g/mol. The number of aromatic nitrogens is 2. The second-order valence-electron chi connectivity index (χ2n) is 6.72. The quantitative estimate of drug-likeness (QED) is 0.838. The Balaban J connectivity index is 1.70. The van der Waals surface area contributed by atoms with E-state index in [9.17, 15) is 9.59 Å². The number of likely N-dealkylation sites (tertiary alicyclic amines) is 1. The first-order valence-electron chi connectivity index (χ1n) is 7.96. The van der Waals surface area contributed by atoms with Crippen molar-refractivity contribution in [3.63, 3.8) is 0 Å². The molecule has 0 aromatic carbocycles. The van der Waals surface area contributed by atoms with Crippen molar-refractivity contribution in [2.45, 2.75) is 46.2 Å². The van der Waals surface area contributed by atoms with E-state index < -0.39 is 0 Å². The summed E-state index contributed by atoms with van der Waals surface area (Å²) in [4.78, 5) is 26.0. The van der Waals surface area contributed by atoms with Gasteiger partial charge in [0.25, 0.3) is 0 Å². The zero-order valence-electron chi connectivity index (χ0n) is 13.5. The van der Waals surface area contributed by atoms with Gasteiger partial charge in [0.15, 0.2) is 5.78 Å². The van der Waals surface area contributed by atoms with Crippen LogP contribution in [0.3, 0.4) is 0 Å². The van der Waals surface area contributed by atoms with Crippen molar-refractivity contribution >= 4 is 11.7 Å². The number of nitrogens with zero attached hydrogens (tertiary/aromatic N) is 3. The molecule has 1 saturated carbocycles. The molecule has 1 saturated heterocycles. The summed E-state index contributed by atoms with van der Waals surface area (Å²) in [5, 5.41) is 4.35. The van der Waals surface area contributed by atoms with E-state index in [2.05, 4.69) is 5.10 Å². The minimum Gasteiger partial charge on any atom is -0.339 e. The molecule has 0 spiro atoms. The Morgan fingerprint density at radius 1 is 1.27 bits per heavy atom. The summed E-state index contributed by atoms with van der Waals surface area (Å²) < 4.78 is 1.64. The van der Waals surface area contributed by atoms with Crippen LogP contribution >= 0.6 is 0 Å². The molecule has 6 nitrogen and oxygen atoms in total. The number of carbonyl (C=O) groups excluding carboxylic acids is 2. The van der Waals surface area contributed by atoms with Gasteiger partial charge in [-0.1, -0.05) is 0 Å². The van der Waals surface area contributed by atoms with Crippen LogP contribution in [0.2, 0.25) is 0 Å². The fraction of sp³-hybridized carbons (Fsp3) is 0.688. The van der Waals surface area contributed by atoms with Gasteiger partial charge >= 0.3 is 0 Å². The Morgan fingerprint density at radius 2 is 1.95 bits per heavy atom. The van der Waals surface area contributed by atoms with Crippen LogP contribution in [0, 0.1) is 25.7 Å². The molecule has 2 N–H and O–H groups in total. The first kappa shape index (κ1) is 15.2. The summed E-state index contributed by atoms with van der Waals surface area (Å²) in [6.45, 7) is 6.77. The van der Waals surface area contributed by atoms with Gasteiger partial charge in [-0.25, -0.2) is 0 Å². The lowest BCUT2D eigenvalue weighted by molar-refractivity contribution is -0.131. The van der Waals surface area contributed by atoms with Crippen LogP contribution in [0.25, 0.3) is 0 Å². The van der Waals surface area contributed by atoms with Crippen molar-refractivity contribution < 1.29 is 9.59 Å². The molecule has 0 unspecified atom stereocenters. The third kappa shape index (κ3) is 2.67. The molecule has 2 atom stereocenters. The summed E-state index contributed by atoms with van der Waals surface area (Å²) in [7, 11) is 0. The first-order chi connectivity index (χ1) is 10.4. The Kier molecular flexibility index (Phi) is 3.80. The van der Waals surface area contributed by atoms with E-state index in [1.165, 1.54) is 19.8 Å². The average molecular weight is 304 g/mol. The number of hydrogen-bond acceptors (Lipinski definition) is 4. The van der Waals surface area contributed by atoms with Gasteiger partial charge < -0.3 is 10.6 Å². The van der Waals surface area contributed by atoms with Crippen molar-refractivity contribution in [3.05, 3.63) is 17.0 Å². The van der Waals surface area contributed by atoms with E-state index in [1.54, 1.807) is 11.6 Å². The molecule has 1 aromatic heterocycles. The molecule has 0 radical (unpaired) electrons. The SMILES string of the molecule is CC(=O)c1c(C)nn(CC(=O)N2C[C@H](C3CC3)[C@@H](N)C2)c1C. The van der Waals surface area contributed by atoms with Crippen LogP contribution in [0.4, 0.5) is 0 Å². The van der Waals surface area contributed by atoms with Gasteiger partial charge in [-0.05, 0) is 45.4 Å². The van der Waals surface area contributed by atoms with Gasteiger partial charge in [0.05, 0.1) is 11.3 Å². The predicted octanol–water partition coefficient (Wildman–Crippen LogP) is 0.898. The molecule has 1 aliphatic carbocycles. The molecule has 22 heavy (non-hydrogen) atoms. The Bertz CT molecular complexity index is 618. The highest BCUT2D eigenvalue weighted by atomic mass is 16.2. The number of nitrogens with two attached hydrogens (primary N) is 1. The van der Waals surface area contributed by atoms with Gasteiger partial charge in [-0.2, -0.15) is 5.10 Å². The van der Waals surface area contributed by atoms with Crippen LogP contribution < -0.4 is 5.73 Å². The Hall–Kier alpha value is -1.69. The van der Waals surface area contributed by atoms with E-state index >= 15 is 0 Å². The molecule has 3 rings (SSSR count). The predicted molar refractivity (Wildman–Crippen MR) is 82.5 cm³/mol. The minimum absolute atomic E-state index is 0.00862. The van der Waals surface area contributed by atoms with Crippen LogP contribution in [0.1, 0.15) is 41.5 Å². The molecule has 120 valence electrons. The van der Waals surface area contributed by atoms with Gasteiger partial charge in [0.1, 0.15) is 6.54 Å². The second-order valence-corrected chi connectivity index (χ2v) is 6.72.